The molecule has 0 saturated heterocycles. The standard InChI is InChI=1S/C14H11F3O/c1-8-2-7-11(13(17)12(8)16)14(18)9-3-5-10(15)6-4-9/h2-7,14,18H,1H3. The van der Waals surface area contributed by atoms with Crippen molar-refractivity contribution in [3.05, 3.63) is 70.5 Å². The third-order valence-electron chi connectivity index (χ3n) is 2.79. The van der Waals surface area contributed by atoms with E-state index in [1.165, 1.54) is 31.2 Å². The van der Waals surface area contributed by atoms with E-state index in [0.29, 0.717) is 5.56 Å². The lowest BCUT2D eigenvalue weighted by molar-refractivity contribution is 0.213. The van der Waals surface area contributed by atoms with Gasteiger partial charge in [0.15, 0.2) is 11.6 Å². The maximum atomic E-state index is 13.7. The van der Waals surface area contributed by atoms with Crippen LogP contribution in [0.15, 0.2) is 36.4 Å². The normalized spacial score (nSPS) is 12.5. The number of aryl methyl sites for hydroxylation is 1. The number of aliphatic hydroxyl groups is 1. The molecule has 0 aliphatic heterocycles. The minimum atomic E-state index is -1.32. The fourth-order valence-corrected chi connectivity index (χ4v) is 1.70. The van der Waals surface area contributed by atoms with E-state index in [-0.39, 0.29) is 11.1 Å². The van der Waals surface area contributed by atoms with Crippen LogP contribution < -0.4 is 0 Å². The van der Waals surface area contributed by atoms with Gasteiger partial charge in [0.25, 0.3) is 0 Å². The van der Waals surface area contributed by atoms with Gasteiger partial charge in [0.1, 0.15) is 11.9 Å². The van der Waals surface area contributed by atoms with Crippen molar-refractivity contribution in [2.75, 3.05) is 0 Å². The van der Waals surface area contributed by atoms with Crippen LogP contribution in [0.2, 0.25) is 0 Å². The summed E-state index contributed by atoms with van der Waals surface area (Å²) in [5.41, 5.74) is 0.311. The van der Waals surface area contributed by atoms with Gasteiger partial charge in [-0.05, 0) is 30.2 Å². The first kappa shape index (κ1) is 12.6. The Balaban J connectivity index is 2.43. The minimum Gasteiger partial charge on any atom is -0.384 e. The second kappa shape index (κ2) is 4.82. The maximum absolute atomic E-state index is 13.7. The monoisotopic (exact) mass is 252 g/mol. The first-order valence-electron chi connectivity index (χ1n) is 5.38. The zero-order valence-corrected chi connectivity index (χ0v) is 9.62. The number of halogens is 3. The van der Waals surface area contributed by atoms with Gasteiger partial charge in [0.2, 0.25) is 0 Å². The third-order valence-corrected chi connectivity index (χ3v) is 2.79. The van der Waals surface area contributed by atoms with Gasteiger partial charge in [0, 0.05) is 5.56 Å². The van der Waals surface area contributed by atoms with Crippen LogP contribution in [0.3, 0.4) is 0 Å². The topological polar surface area (TPSA) is 20.2 Å². The Morgan fingerprint density at radius 3 is 2.11 bits per heavy atom. The molecule has 0 saturated carbocycles. The third kappa shape index (κ3) is 2.24. The van der Waals surface area contributed by atoms with Crippen LogP contribution in [0.1, 0.15) is 22.8 Å². The molecule has 0 heterocycles. The van der Waals surface area contributed by atoms with E-state index in [4.69, 9.17) is 0 Å². The molecule has 0 aliphatic carbocycles. The zero-order chi connectivity index (χ0) is 13.3. The molecule has 94 valence electrons. The maximum Gasteiger partial charge on any atom is 0.165 e. The Bertz CT molecular complexity index is 564. The molecule has 1 nitrogen and oxygen atoms in total. The molecule has 0 amide bonds. The molecule has 0 aromatic heterocycles. The van der Waals surface area contributed by atoms with E-state index >= 15 is 0 Å². The van der Waals surface area contributed by atoms with Crippen LogP contribution in [0.25, 0.3) is 0 Å². The fraction of sp³-hybridized carbons (Fsp3) is 0.143. The number of hydrogen-bond acceptors (Lipinski definition) is 1. The van der Waals surface area contributed by atoms with Crippen LogP contribution in [-0.2, 0) is 0 Å². The molecular formula is C14H11F3O. The Morgan fingerprint density at radius 1 is 0.889 bits per heavy atom. The number of rotatable bonds is 2. The summed E-state index contributed by atoms with van der Waals surface area (Å²) < 4.78 is 39.8. The number of benzene rings is 2. The first-order chi connectivity index (χ1) is 8.50. The molecule has 0 spiro atoms. The summed E-state index contributed by atoms with van der Waals surface area (Å²) in [6, 6.07) is 7.68. The predicted molar refractivity (Wildman–Crippen MR) is 61.6 cm³/mol. The Kier molecular flexibility index (Phi) is 3.39. The zero-order valence-electron chi connectivity index (χ0n) is 9.62. The minimum absolute atomic E-state index is 0.162. The summed E-state index contributed by atoms with van der Waals surface area (Å²) in [6.07, 6.45) is -1.32. The molecule has 0 aliphatic rings. The first-order valence-corrected chi connectivity index (χ1v) is 5.38. The van der Waals surface area contributed by atoms with E-state index in [1.54, 1.807) is 0 Å². The van der Waals surface area contributed by atoms with E-state index in [0.717, 1.165) is 12.1 Å². The molecule has 1 N–H and O–H groups in total. The van der Waals surface area contributed by atoms with Gasteiger partial charge in [0.05, 0.1) is 0 Å². The van der Waals surface area contributed by atoms with Crippen LogP contribution in [-0.4, -0.2) is 5.11 Å². The highest BCUT2D eigenvalue weighted by atomic mass is 19.2. The van der Waals surface area contributed by atoms with Crippen LogP contribution in [0, 0.1) is 24.4 Å². The highest BCUT2D eigenvalue weighted by Gasteiger charge is 2.19. The highest BCUT2D eigenvalue weighted by molar-refractivity contribution is 5.33. The number of aliphatic hydroxyl groups excluding tert-OH is 1. The number of hydrogen-bond donors (Lipinski definition) is 1. The second-order valence-electron chi connectivity index (χ2n) is 4.05. The van der Waals surface area contributed by atoms with Crippen molar-refractivity contribution in [1.29, 1.82) is 0 Å². The van der Waals surface area contributed by atoms with Crippen molar-refractivity contribution in [3.8, 4) is 0 Å². The van der Waals surface area contributed by atoms with Crippen molar-refractivity contribution in [2.24, 2.45) is 0 Å². The van der Waals surface area contributed by atoms with Crippen molar-refractivity contribution in [2.45, 2.75) is 13.0 Å². The quantitative estimate of drug-likeness (QED) is 0.867. The largest absolute Gasteiger partial charge is 0.384 e. The van der Waals surface area contributed by atoms with Crippen molar-refractivity contribution in [1.82, 2.24) is 0 Å². The van der Waals surface area contributed by atoms with Gasteiger partial charge >= 0.3 is 0 Å². The van der Waals surface area contributed by atoms with E-state index in [9.17, 15) is 18.3 Å². The summed E-state index contributed by atoms with van der Waals surface area (Å²) in [7, 11) is 0. The summed E-state index contributed by atoms with van der Waals surface area (Å²) in [5.74, 6) is -2.51. The molecule has 0 radical (unpaired) electrons. The Labute approximate surface area is 103 Å². The molecule has 1 unspecified atom stereocenters. The van der Waals surface area contributed by atoms with Gasteiger partial charge in [-0.1, -0.05) is 24.3 Å². The van der Waals surface area contributed by atoms with Gasteiger partial charge in [-0.15, -0.1) is 0 Å². The Morgan fingerprint density at radius 2 is 1.50 bits per heavy atom. The van der Waals surface area contributed by atoms with Gasteiger partial charge in [-0.3, -0.25) is 0 Å². The molecule has 0 bridgehead atoms. The molecular weight excluding hydrogens is 241 g/mol. The lowest BCUT2D eigenvalue weighted by Crippen LogP contribution is -2.05. The Hall–Kier alpha value is -1.81. The van der Waals surface area contributed by atoms with Gasteiger partial charge < -0.3 is 5.11 Å². The summed E-state index contributed by atoms with van der Waals surface area (Å²) in [6.45, 7) is 1.44. The predicted octanol–water partition coefficient (Wildman–Crippen LogP) is 3.49. The lowest BCUT2D eigenvalue weighted by atomic mass is 9.99. The summed E-state index contributed by atoms with van der Waals surface area (Å²) >= 11 is 0. The van der Waals surface area contributed by atoms with E-state index < -0.39 is 23.6 Å². The van der Waals surface area contributed by atoms with Crippen LogP contribution in [0.5, 0.6) is 0 Å². The van der Waals surface area contributed by atoms with Crippen LogP contribution >= 0.6 is 0 Å². The highest BCUT2D eigenvalue weighted by Crippen LogP contribution is 2.26. The fourth-order valence-electron chi connectivity index (χ4n) is 1.70. The molecule has 2 aromatic rings. The van der Waals surface area contributed by atoms with Crippen LogP contribution in [0.4, 0.5) is 13.2 Å². The molecule has 18 heavy (non-hydrogen) atoms. The van der Waals surface area contributed by atoms with Crippen molar-refractivity contribution >= 4 is 0 Å². The second-order valence-corrected chi connectivity index (χ2v) is 4.05. The van der Waals surface area contributed by atoms with Crippen molar-refractivity contribution in [3.63, 3.8) is 0 Å². The summed E-state index contributed by atoms with van der Waals surface area (Å²) in [4.78, 5) is 0. The lowest BCUT2D eigenvalue weighted by Gasteiger charge is -2.13. The van der Waals surface area contributed by atoms with E-state index in [2.05, 4.69) is 0 Å². The van der Waals surface area contributed by atoms with Gasteiger partial charge in [-0.2, -0.15) is 0 Å². The molecule has 2 rings (SSSR count). The van der Waals surface area contributed by atoms with E-state index in [1.807, 2.05) is 0 Å². The van der Waals surface area contributed by atoms with Crippen molar-refractivity contribution < 1.29 is 18.3 Å². The summed E-state index contributed by atoms with van der Waals surface area (Å²) in [5, 5.41) is 9.95. The molecule has 0 fully saturated rings. The smallest absolute Gasteiger partial charge is 0.165 e. The molecule has 4 heteroatoms. The molecule has 2 aromatic carbocycles. The average Bonchev–Trinajstić information content (AvgIpc) is 2.36. The van der Waals surface area contributed by atoms with Gasteiger partial charge in [-0.25, -0.2) is 13.2 Å². The molecule has 1 atom stereocenters. The SMILES string of the molecule is Cc1ccc(C(O)c2ccc(F)cc2)c(F)c1F. The average molecular weight is 252 g/mol.